The molecule has 0 fully saturated rings. The molecule has 0 atom stereocenters. The first kappa shape index (κ1) is 25.6. The highest BCUT2D eigenvalue weighted by molar-refractivity contribution is 5.59. The molecule has 0 N–H and O–H groups in total. The molecule has 0 spiro atoms. The predicted octanol–water partition coefficient (Wildman–Crippen LogP) is 6.24. The summed E-state index contributed by atoms with van der Waals surface area (Å²) in [5.74, 6) is 1.62. The zero-order valence-corrected chi connectivity index (χ0v) is 20.8. The van der Waals surface area contributed by atoms with E-state index in [0.717, 1.165) is 22.6 Å². The molecule has 0 amide bonds. The fraction of sp³-hybridized carbons (Fsp3) is 0.519. The van der Waals surface area contributed by atoms with Crippen LogP contribution in [0.1, 0.15) is 63.8 Å². The third-order valence-electron chi connectivity index (χ3n) is 5.36. The maximum atomic E-state index is 12.0. The Balaban J connectivity index is 1.86. The minimum absolute atomic E-state index is 0.00997. The molecule has 32 heavy (non-hydrogen) atoms. The summed E-state index contributed by atoms with van der Waals surface area (Å²) < 4.78 is 21.4. The number of methoxy groups -OCH3 is 2. The van der Waals surface area contributed by atoms with E-state index in [1.165, 1.54) is 11.1 Å². The van der Waals surface area contributed by atoms with E-state index in [-0.39, 0.29) is 24.0 Å². The summed E-state index contributed by atoms with van der Waals surface area (Å²) in [6, 6.07) is 12.3. The topological polar surface area (TPSA) is 54.0 Å². The van der Waals surface area contributed by atoms with Crippen LogP contribution >= 0.6 is 0 Å². The average Bonchev–Trinajstić information content (AvgIpc) is 2.72. The summed E-state index contributed by atoms with van der Waals surface area (Å²) >= 11 is 0. The number of carbonyl (C=O) groups is 1. The van der Waals surface area contributed by atoms with Crippen LogP contribution in [0.2, 0.25) is 0 Å². The highest BCUT2D eigenvalue weighted by atomic mass is 16.7. The van der Waals surface area contributed by atoms with Gasteiger partial charge in [0.15, 0.2) is 0 Å². The monoisotopic (exact) mass is 442 g/mol. The van der Waals surface area contributed by atoms with Crippen LogP contribution in [0.3, 0.4) is 0 Å². The Morgan fingerprint density at radius 2 is 1.03 bits per heavy atom. The van der Waals surface area contributed by atoms with Crippen LogP contribution in [0.4, 0.5) is 4.79 Å². The third kappa shape index (κ3) is 7.77. The minimum atomic E-state index is -0.650. The first-order valence-electron chi connectivity index (χ1n) is 11.1. The SMILES string of the molecule is COc1cc(CCOC(=O)OCCc2cc(OC)cc(C(C)(C)C)c2)cc(C(C)(C)C)c1. The molecule has 0 unspecified atom stereocenters. The molecule has 0 radical (unpaired) electrons. The molecule has 2 aromatic carbocycles. The van der Waals surface area contributed by atoms with Gasteiger partial charge in [0.05, 0.1) is 27.4 Å². The van der Waals surface area contributed by atoms with Gasteiger partial charge in [0.25, 0.3) is 0 Å². The van der Waals surface area contributed by atoms with Crippen molar-refractivity contribution in [2.24, 2.45) is 0 Å². The highest BCUT2D eigenvalue weighted by Crippen LogP contribution is 2.29. The lowest BCUT2D eigenvalue weighted by Crippen LogP contribution is -2.14. The van der Waals surface area contributed by atoms with E-state index in [2.05, 4.69) is 53.7 Å². The zero-order valence-electron chi connectivity index (χ0n) is 20.8. The van der Waals surface area contributed by atoms with Crippen molar-refractivity contribution in [2.45, 2.75) is 65.2 Å². The number of rotatable bonds is 8. The summed E-state index contributed by atoms with van der Waals surface area (Å²) in [6.07, 6.45) is 0.545. The molecule has 0 aliphatic rings. The normalized spacial score (nSPS) is 11.8. The van der Waals surface area contributed by atoms with Gasteiger partial charge in [0.2, 0.25) is 0 Å². The van der Waals surface area contributed by atoms with E-state index in [1.54, 1.807) is 14.2 Å². The van der Waals surface area contributed by atoms with E-state index in [1.807, 2.05) is 24.3 Å². The van der Waals surface area contributed by atoms with Gasteiger partial charge >= 0.3 is 6.16 Å². The van der Waals surface area contributed by atoms with Crippen molar-refractivity contribution >= 4 is 6.16 Å². The second-order valence-electron chi connectivity index (χ2n) is 10.1. The molecular formula is C27H38O5. The van der Waals surface area contributed by atoms with E-state index >= 15 is 0 Å². The molecule has 0 saturated heterocycles. The standard InChI is InChI=1S/C27H38O5/c1-26(2,3)21-13-19(15-23(17-21)29-7)9-11-31-25(28)32-12-10-20-14-22(27(4,5)6)18-24(16-20)30-8/h13-18H,9-12H2,1-8H3. The molecule has 2 rings (SSSR count). The molecule has 0 heterocycles. The van der Waals surface area contributed by atoms with Gasteiger partial charge in [-0.25, -0.2) is 4.79 Å². The van der Waals surface area contributed by atoms with Crippen LogP contribution in [0, 0.1) is 0 Å². The quantitative estimate of drug-likeness (QED) is 0.453. The van der Waals surface area contributed by atoms with Crippen molar-refractivity contribution in [3.05, 3.63) is 58.7 Å². The Morgan fingerprint density at radius 3 is 1.34 bits per heavy atom. The van der Waals surface area contributed by atoms with Gasteiger partial charge in [-0.05, 0) is 57.3 Å². The second-order valence-corrected chi connectivity index (χ2v) is 10.1. The number of ether oxygens (including phenoxy) is 4. The highest BCUT2D eigenvalue weighted by Gasteiger charge is 2.17. The van der Waals surface area contributed by atoms with E-state index in [9.17, 15) is 4.79 Å². The molecule has 0 bridgehead atoms. The first-order valence-corrected chi connectivity index (χ1v) is 11.1. The minimum Gasteiger partial charge on any atom is -0.497 e. The van der Waals surface area contributed by atoms with Crippen LogP contribution in [-0.2, 0) is 33.1 Å². The number of benzene rings is 2. The van der Waals surface area contributed by atoms with Crippen LogP contribution < -0.4 is 9.47 Å². The second kappa shape index (κ2) is 10.8. The van der Waals surface area contributed by atoms with Crippen LogP contribution in [0.25, 0.3) is 0 Å². The summed E-state index contributed by atoms with van der Waals surface area (Å²) in [6.45, 7) is 13.5. The summed E-state index contributed by atoms with van der Waals surface area (Å²) in [4.78, 5) is 12.0. The number of carbonyl (C=O) groups excluding carboxylic acids is 1. The van der Waals surface area contributed by atoms with Gasteiger partial charge in [-0.1, -0.05) is 53.7 Å². The predicted molar refractivity (Wildman–Crippen MR) is 128 cm³/mol. The molecule has 5 nitrogen and oxygen atoms in total. The van der Waals surface area contributed by atoms with Crippen molar-refractivity contribution in [2.75, 3.05) is 27.4 Å². The fourth-order valence-corrected chi connectivity index (χ4v) is 3.26. The van der Waals surface area contributed by atoms with Crippen molar-refractivity contribution in [3.63, 3.8) is 0 Å². The zero-order chi connectivity index (χ0) is 23.9. The van der Waals surface area contributed by atoms with Crippen LogP contribution in [0.5, 0.6) is 11.5 Å². The van der Waals surface area contributed by atoms with Crippen LogP contribution in [0.15, 0.2) is 36.4 Å². The van der Waals surface area contributed by atoms with Crippen molar-refractivity contribution in [1.82, 2.24) is 0 Å². The summed E-state index contributed by atoms with van der Waals surface area (Å²) in [7, 11) is 3.32. The van der Waals surface area contributed by atoms with Crippen molar-refractivity contribution < 1.29 is 23.7 Å². The molecule has 2 aromatic rings. The van der Waals surface area contributed by atoms with Gasteiger partial charge < -0.3 is 18.9 Å². The molecular weight excluding hydrogens is 404 g/mol. The lowest BCUT2D eigenvalue weighted by Gasteiger charge is -2.21. The average molecular weight is 443 g/mol. The molecule has 0 aliphatic heterocycles. The lowest BCUT2D eigenvalue weighted by atomic mass is 9.85. The smallest absolute Gasteiger partial charge is 0.497 e. The summed E-state index contributed by atoms with van der Waals surface area (Å²) in [5, 5.41) is 0. The Morgan fingerprint density at radius 1 is 0.656 bits per heavy atom. The fourth-order valence-electron chi connectivity index (χ4n) is 3.26. The Labute approximate surface area is 193 Å². The Hall–Kier alpha value is -2.69. The molecule has 0 aliphatic carbocycles. The first-order chi connectivity index (χ1) is 14.9. The largest absolute Gasteiger partial charge is 0.508 e. The van der Waals surface area contributed by atoms with E-state index in [4.69, 9.17) is 18.9 Å². The maximum absolute atomic E-state index is 12.0. The van der Waals surface area contributed by atoms with E-state index < -0.39 is 6.16 Å². The Kier molecular flexibility index (Phi) is 8.59. The molecule has 0 saturated carbocycles. The van der Waals surface area contributed by atoms with Gasteiger partial charge in [-0.2, -0.15) is 0 Å². The Bertz CT molecular complexity index is 830. The lowest BCUT2D eigenvalue weighted by molar-refractivity contribution is 0.0569. The van der Waals surface area contributed by atoms with Crippen molar-refractivity contribution in [3.8, 4) is 11.5 Å². The molecule has 176 valence electrons. The van der Waals surface area contributed by atoms with Crippen LogP contribution in [-0.4, -0.2) is 33.6 Å². The van der Waals surface area contributed by atoms with Crippen molar-refractivity contribution in [1.29, 1.82) is 0 Å². The van der Waals surface area contributed by atoms with Gasteiger partial charge in [-0.3, -0.25) is 0 Å². The third-order valence-corrected chi connectivity index (χ3v) is 5.36. The van der Waals surface area contributed by atoms with Gasteiger partial charge in [0.1, 0.15) is 11.5 Å². The molecule has 0 aromatic heterocycles. The number of hydrogen-bond acceptors (Lipinski definition) is 5. The van der Waals surface area contributed by atoms with Gasteiger partial charge in [-0.15, -0.1) is 0 Å². The van der Waals surface area contributed by atoms with Gasteiger partial charge in [0, 0.05) is 12.8 Å². The maximum Gasteiger partial charge on any atom is 0.508 e. The summed E-state index contributed by atoms with van der Waals surface area (Å²) in [5.41, 5.74) is 4.51. The van der Waals surface area contributed by atoms with E-state index in [0.29, 0.717) is 12.8 Å². The number of hydrogen-bond donors (Lipinski definition) is 0. The molecule has 5 heteroatoms.